The van der Waals surface area contributed by atoms with Crippen LogP contribution in [0.25, 0.3) is 0 Å². The topological polar surface area (TPSA) is 111 Å². The summed E-state index contributed by atoms with van der Waals surface area (Å²) in [5.74, 6) is -1.19. The average molecular weight is 412 g/mol. The highest BCUT2D eigenvalue weighted by molar-refractivity contribution is 5.91. The molecule has 29 heavy (non-hydrogen) atoms. The minimum Gasteiger partial charge on any atom is -0.469 e. The lowest BCUT2D eigenvalue weighted by Crippen LogP contribution is -2.48. The van der Waals surface area contributed by atoms with Gasteiger partial charge in [-0.3, -0.25) is 19.3 Å². The Morgan fingerprint density at radius 3 is 2.31 bits per heavy atom. The van der Waals surface area contributed by atoms with Crippen molar-refractivity contribution in [3.63, 3.8) is 0 Å². The molecule has 0 aromatic rings. The molecule has 1 N–H and O–H groups in total. The van der Waals surface area contributed by atoms with Crippen LogP contribution < -0.4 is 5.32 Å². The molecule has 9 heteroatoms. The zero-order valence-electron chi connectivity index (χ0n) is 17.7. The number of esters is 1. The number of ketones is 1. The van der Waals surface area contributed by atoms with Crippen molar-refractivity contribution < 1.29 is 33.4 Å². The van der Waals surface area contributed by atoms with Gasteiger partial charge >= 0.3 is 12.1 Å². The smallest absolute Gasteiger partial charge is 0.411 e. The third-order valence-corrected chi connectivity index (χ3v) is 4.93. The summed E-state index contributed by atoms with van der Waals surface area (Å²) < 4.78 is 15.9. The lowest BCUT2D eigenvalue weighted by Gasteiger charge is -2.29. The second-order valence-corrected chi connectivity index (χ2v) is 8.53. The maximum Gasteiger partial charge on any atom is 0.411 e. The summed E-state index contributed by atoms with van der Waals surface area (Å²) in [5.41, 5.74) is -0.686. The summed E-state index contributed by atoms with van der Waals surface area (Å²) in [5, 5.41) is 2.57. The SMILES string of the molecule is COC(=O)CCC(=O)CNC(=O)[C@@H]1C[C@H](OC2CCC2)CN1C(=O)OC(C)(C)C. The molecule has 0 aromatic heterocycles. The third-order valence-electron chi connectivity index (χ3n) is 4.93. The number of ether oxygens (including phenoxy) is 3. The van der Waals surface area contributed by atoms with Crippen LogP contribution in [0.5, 0.6) is 0 Å². The molecule has 0 aromatic carbocycles. The normalized spacial score (nSPS) is 22.0. The molecule has 2 rings (SSSR count). The van der Waals surface area contributed by atoms with Gasteiger partial charge in [0.05, 0.1) is 38.8 Å². The number of carbonyl (C=O) groups excluding carboxylic acids is 4. The molecule has 0 bridgehead atoms. The quantitative estimate of drug-likeness (QED) is 0.602. The Morgan fingerprint density at radius 1 is 1.07 bits per heavy atom. The molecular weight excluding hydrogens is 380 g/mol. The van der Waals surface area contributed by atoms with Crippen molar-refractivity contribution in [2.75, 3.05) is 20.2 Å². The lowest BCUT2D eigenvalue weighted by atomic mass is 9.96. The van der Waals surface area contributed by atoms with E-state index in [4.69, 9.17) is 9.47 Å². The van der Waals surface area contributed by atoms with Crippen LogP contribution >= 0.6 is 0 Å². The molecule has 1 aliphatic carbocycles. The van der Waals surface area contributed by atoms with E-state index in [9.17, 15) is 19.2 Å². The predicted octanol–water partition coefficient (Wildman–Crippen LogP) is 1.57. The number of Topliss-reactive ketones (excluding diaryl/α,β-unsaturated/α-hetero) is 1. The molecule has 0 radical (unpaired) electrons. The Bertz CT molecular complexity index is 625. The van der Waals surface area contributed by atoms with Gasteiger partial charge in [0.2, 0.25) is 5.91 Å². The van der Waals surface area contributed by atoms with Gasteiger partial charge in [-0.2, -0.15) is 0 Å². The molecule has 164 valence electrons. The van der Waals surface area contributed by atoms with Gasteiger partial charge in [0.25, 0.3) is 0 Å². The first-order chi connectivity index (χ1) is 13.6. The first-order valence-corrected chi connectivity index (χ1v) is 10.1. The fraction of sp³-hybridized carbons (Fsp3) is 0.800. The number of methoxy groups -OCH3 is 1. The van der Waals surface area contributed by atoms with Crippen LogP contribution in [0.1, 0.15) is 59.3 Å². The van der Waals surface area contributed by atoms with Crippen molar-refractivity contribution in [3.8, 4) is 0 Å². The Kier molecular flexibility index (Phi) is 8.01. The van der Waals surface area contributed by atoms with Gasteiger partial charge in [0.15, 0.2) is 5.78 Å². The van der Waals surface area contributed by atoms with Gasteiger partial charge in [-0.15, -0.1) is 0 Å². The predicted molar refractivity (Wildman–Crippen MR) is 103 cm³/mol. The van der Waals surface area contributed by atoms with Gasteiger partial charge in [-0.25, -0.2) is 4.79 Å². The van der Waals surface area contributed by atoms with Crippen LogP contribution in [0, 0.1) is 0 Å². The van der Waals surface area contributed by atoms with Crippen LogP contribution in [0.15, 0.2) is 0 Å². The van der Waals surface area contributed by atoms with E-state index in [0.717, 1.165) is 19.3 Å². The fourth-order valence-electron chi connectivity index (χ4n) is 3.18. The molecule has 2 aliphatic rings. The Morgan fingerprint density at radius 2 is 1.76 bits per heavy atom. The highest BCUT2D eigenvalue weighted by atomic mass is 16.6. The summed E-state index contributed by atoms with van der Waals surface area (Å²) >= 11 is 0. The molecule has 2 amide bonds. The standard InChI is InChI=1S/C20H32N2O7/c1-20(2,3)29-19(26)22-12-15(28-14-6-5-7-14)10-16(22)18(25)21-11-13(23)8-9-17(24)27-4/h14-16H,5-12H2,1-4H3,(H,21,25)/t15-,16-/m0/s1. The lowest BCUT2D eigenvalue weighted by molar-refractivity contribution is -0.141. The Labute approximate surface area is 171 Å². The van der Waals surface area contributed by atoms with Crippen molar-refractivity contribution >= 4 is 23.8 Å². The van der Waals surface area contributed by atoms with E-state index in [1.54, 1.807) is 20.8 Å². The third kappa shape index (κ3) is 7.30. The van der Waals surface area contributed by atoms with E-state index >= 15 is 0 Å². The molecule has 2 atom stereocenters. The summed E-state index contributed by atoms with van der Waals surface area (Å²) in [6.07, 6.45) is 2.80. The van der Waals surface area contributed by atoms with Crippen LogP contribution in [0.4, 0.5) is 4.79 Å². The number of hydrogen-bond donors (Lipinski definition) is 1. The largest absolute Gasteiger partial charge is 0.469 e. The number of amides is 2. The maximum absolute atomic E-state index is 12.7. The van der Waals surface area contributed by atoms with Crippen molar-refractivity contribution in [1.29, 1.82) is 0 Å². The number of nitrogens with one attached hydrogen (secondary N) is 1. The van der Waals surface area contributed by atoms with Crippen molar-refractivity contribution in [3.05, 3.63) is 0 Å². The fourth-order valence-corrected chi connectivity index (χ4v) is 3.18. The molecule has 1 heterocycles. The van der Waals surface area contributed by atoms with E-state index in [2.05, 4.69) is 10.1 Å². The Hall–Kier alpha value is -2.16. The van der Waals surface area contributed by atoms with Crippen LogP contribution in [0.2, 0.25) is 0 Å². The summed E-state index contributed by atoms with van der Waals surface area (Å²) in [4.78, 5) is 49.7. The minimum absolute atomic E-state index is 0.0131. The second kappa shape index (κ2) is 10.0. The van der Waals surface area contributed by atoms with Gasteiger partial charge in [0.1, 0.15) is 11.6 Å². The molecule has 9 nitrogen and oxygen atoms in total. The molecular formula is C20H32N2O7. The van der Waals surface area contributed by atoms with E-state index in [0.29, 0.717) is 6.42 Å². The number of carbonyl (C=O) groups is 4. The van der Waals surface area contributed by atoms with Crippen molar-refractivity contribution in [1.82, 2.24) is 10.2 Å². The number of likely N-dealkylation sites (tertiary alicyclic amines) is 1. The number of rotatable bonds is 8. The minimum atomic E-state index is -0.761. The number of hydrogen-bond acceptors (Lipinski definition) is 7. The first-order valence-electron chi connectivity index (χ1n) is 10.1. The van der Waals surface area contributed by atoms with E-state index in [-0.39, 0.29) is 43.9 Å². The average Bonchev–Trinajstić information content (AvgIpc) is 3.03. The van der Waals surface area contributed by atoms with Crippen molar-refractivity contribution in [2.45, 2.75) is 83.1 Å². The molecule has 1 saturated heterocycles. The van der Waals surface area contributed by atoms with Crippen LogP contribution in [-0.2, 0) is 28.6 Å². The summed E-state index contributed by atoms with van der Waals surface area (Å²) in [6, 6.07) is -0.761. The molecule has 1 aliphatic heterocycles. The first kappa shape index (κ1) is 23.1. The highest BCUT2D eigenvalue weighted by Gasteiger charge is 2.43. The van der Waals surface area contributed by atoms with Gasteiger partial charge in [-0.05, 0) is 40.0 Å². The molecule has 1 saturated carbocycles. The van der Waals surface area contributed by atoms with E-state index in [1.807, 2.05) is 0 Å². The van der Waals surface area contributed by atoms with Gasteiger partial charge < -0.3 is 19.5 Å². The summed E-state index contributed by atoms with van der Waals surface area (Å²) in [6.45, 7) is 5.36. The monoisotopic (exact) mass is 412 g/mol. The maximum atomic E-state index is 12.7. The van der Waals surface area contributed by atoms with Crippen LogP contribution in [-0.4, -0.2) is 72.7 Å². The molecule has 0 spiro atoms. The number of nitrogens with zero attached hydrogens (tertiary/aromatic N) is 1. The van der Waals surface area contributed by atoms with E-state index < -0.39 is 29.6 Å². The highest BCUT2D eigenvalue weighted by Crippen LogP contribution is 2.29. The van der Waals surface area contributed by atoms with Gasteiger partial charge in [0, 0.05) is 12.8 Å². The molecule has 2 fully saturated rings. The Balaban J connectivity index is 1.93. The second-order valence-electron chi connectivity index (χ2n) is 8.53. The summed E-state index contributed by atoms with van der Waals surface area (Å²) in [7, 11) is 1.25. The van der Waals surface area contributed by atoms with Gasteiger partial charge in [-0.1, -0.05) is 0 Å². The van der Waals surface area contributed by atoms with Crippen LogP contribution in [0.3, 0.4) is 0 Å². The molecule has 0 unspecified atom stereocenters. The van der Waals surface area contributed by atoms with E-state index in [1.165, 1.54) is 12.0 Å². The zero-order chi connectivity index (χ0) is 21.6. The zero-order valence-corrected chi connectivity index (χ0v) is 17.7. The van der Waals surface area contributed by atoms with Crippen molar-refractivity contribution in [2.24, 2.45) is 0 Å².